The molecule has 146 valence electrons. The highest BCUT2D eigenvalue weighted by molar-refractivity contribution is 6.05. The molecular formula is C22H20N4O3. The number of rotatable bonds is 6. The maximum absolute atomic E-state index is 12.6. The van der Waals surface area contributed by atoms with Gasteiger partial charge in [-0.1, -0.05) is 36.4 Å². The molecule has 0 unspecified atom stereocenters. The number of carbonyl (C=O) groups excluding carboxylic acids is 3. The van der Waals surface area contributed by atoms with Gasteiger partial charge < -0.3 is 10.6 Å². The summed E-state index contributed by atoms with van der Waals surface area (Å²) in [7, 11) is 0. The summed E-state index contributed by atoms with van der Waals surface area (Å²) < 4.78 is 0. The van der Waals surface area contributed by atoms with E-state index in [1.807, 2.05) is 60.7 Å². The van der Waals surface area contributed by atoms with E-state index >= 15 is 0 Å². The number of nitrogens with zero attached hydrogens (tertiary/aromatic N) is 2. The molecular weight excluding hydrogens is 368 g/mol. The summed E-state index contributed by atoms with van der Waals surface area (Å²) in [6.45, 7) is 0.219. The first-order chi connectivity index (χ1) is 14.1. The summed E-state index contributed by atoms with van der Waals surface area (Å²) in [5.74, 6) is -0.522. The maximum Gasteiger partial charge on any atom is 0.325 e. The van der Waals surface area contributed by atoms with E-state index in [1.54, 1.807) is 6.20 Å². The third kappa shape index (κ3) is 4.08. The van der Waals surface area contributed by atoms with Crippen molar-refractivity contribution < 1.29 is 14.4 Å². The molecule has 0 aliphatic carbocycles. The van der Waals surface area contributed by atoms with Crippen molar-refractivity contribution in [3.8, 4) is 0 Å². The number of hydrogen-bond acceptors (Lipinski definition) is 4. The van der Waals surface area contributed by atoms with Crippen LogP contribution in [-0.2, 0) is 16.1 Å². The number of urea groups is 1. The van der Waals surface area contributed by atoms with Crippen LogP contribution in [0.3, 0.4) is 0 Å². The van der Waals surface area contributed by atoms with Crippen LogP contribution in [0.25, 0.3) is 10.9 Å². The van der Waals surface area contributed by atoms with Gasteiger partial charge in [0.15, 0.2) is 0 Å². The van der Waals surface area contributed by atoms with E-state index in [-0.39, 0.29) is 31.2 Å². The molecule has 7 nitrogen and oxygen atoms in total. The Kier molecular flexibility index (Phi) is 5.20. The molecule has 2 heterocycles. The lowest BCUT2D eigenvalue weighted by molar-refractivity contribution is -0.128. The highest BCUT2D eigenvalue weighted by atomic mass is 16.2. The minimum atomic E-state index is -0.689. The molecule has 4 amide bonds. The zero-order valence-electron chi connectivity index (χ0n) is 15.7. The smallest absolute Gasteiger partial charge is 0.325 e. The number of nitrogens with one attached hydrogen (secondary N) is 2. The molecule has 3 aromatic rings. The summed E-state index contributed by atoms with van der Waals surface area (Å²) in [6, 6.07) is 17.4. The van der Waals surface area contributed by atoms with Crippen LogP contribution < -0.4 is 10.6 Å². The van der Waals surface area contributed by atoms with Crippen LogP contribution in [-0.4, -0.2) is 33.8 Å². The largest absolute Gasteiger partial charge is 0.326 e. The van der Waals surface area contributed by atoms with Crippen molar-refractivity contribution in [2.75, 3.05) is 5.32 Å². The first-order valence-corrected chi connectivity index (χ1v) is 9.41. The molecule has 0 spiro atoms. The van der Waals surface area contributed by atoms with Gasteiger partial charge in [0.1, 0.15) is 6.04 Å². The van der Waals surface area contributed by atoms with Gasteiger partial charge in [-0.2, -0.15) is 0 Å². The lowest BCUT2D eigenvalue weighted by atomic mass is 10.1. The van der Waals surface area contributed by atoms with Crippen LogP contribution in [0.1, 0.15) is 18.4 Å². The highest BCUT2D eigenvalue weighted by Gasteiger charge is 2.37. The number of amides is 4. The Labute approximate surface area is 167 Å². The summed E-state index contributed by atoms with van der Waals surface area (Å²) in [5, 5.41) is 6.39. The number of aromatic nitrogens is 1. The average Bonchev–Trinajstić information content (AvgIpc) is 3.01. The zero-order chi connectivity index (χ0) is 20.2. The van der Waals surface area contributed by atoms with Gasteiger partial charge in [-0.3, -0.25) is 19.5 Å². The SMILES string of the molecule is O=C(CC[C@@H]1NC(=O)N(Cc2ccccc2)C1=O)Nc1cccc2ncccc12. The highest BCUT2D eigenvalue weighted by Crippen LogP contribution is 2.22. The molecule has 4 rings (SSSR count). The monoisotopic (exact) mass is 388 g/mol. The fourth-order valence-electron chi connectivity index (χ4n) is 3.39. The quantitative estimate of drug-likeness (QED) is 0.635. The Morgan fingerprint density at radius 2 is 1.86 bits per heavy atom. The van der Waals surface area contributed by atoms with Crippen molar-refractivity contribution in [1.29, 1.82) is 0 Å². The topological polar surface area (TPSA) is 91.4 Å². The van der Waals surface area contributed by atoms with Crippen LogP contribution in [0.5, 0.6) is 0 Å². The van der Waals surface area contributed by atoms with Crippen molar-refractivity contribution in [2.45, 2.75) is 25.4 Å². The molecule has 1 atom stereocenters. The van der Waals surface area contributed by atoms with Crippen LogP contribution in [0.2, 0.25) is 0 Å². The second kappa shape index (κ2) is 8.10. The van der Waals surface area contributed by atoms with Gasteiger partial charge in [-0.15, -0.1) is 0 Å². The van der Waals surface area contributed by atoms with E-state index in [2.05, 4.69) is 15.6 Å². The molecule has 1 aliphatic heterocycles. The van der Waals surface area contributed by atoms with Crippen LogP contribution >= 0.6 is 0 Å². The Bertz CT molecular complexity index is 1060. The van der Waals surface area contributed by atoms with Crippen molar-refractivity contribution in [3.05, 3.63) is 72.4 Å². The standard InChI is InChI=1S/C22H20N4O3/c27-20(24-18-10-4-9-17-16(18)8-5-13-23-17)12-11-19-21(28)26(22(29)25-19)14-15-6-2-1-3-7-15/h1-10,13,19H,11-12,14H2,(H,24,27)(H,25,29)/t19-/m0/s1. The van der Waals surface area contributed by atoms with Gasteiger partial charge in [-0.25, -0.2) is 4.79 Å². The van der Waals surface area contributed by atoms with E-state index in [1.165, 1.54) is 4.90 Å². The number of anilines is 1. The first kappa shape index (κ1) is 18.6. The summed E-state index contributed by atoms with van der Waals surface area (Å²) in [5.41, 5.74) is 2.34. The van der Waals surface area contributed by atoms with Crippen molar-refractivity contribution in [1.82, 2.24) is 15.2 Å². The van der Waals surface area contributed by atoms with E-state index < -0.39 is 12.1 Å². The Hall–Kier alpha value is -3.74. The van der Waals surface area contributed by atoms with Crippen LogP contribution in [0.4, 0.5) is 10.5 Å². The summed E-state index contributed by atoms with van der Waals surface area (Å²) in [4.78, 5) is 42.6. The fourth-order valence-corrected chi connectivity index (χ4v) is 3.39. The molecule has 1 fully saturated rings. The van der Waals surface area contributed by atoms with Gasteiger partial charge in [0.25, 0.3) is 5.91 Å². The van der Waals surface area contributed by atoms with Gasteiger partial charge in [0.05, 0.1) is 17.7 Å². The Morgan fingerprint density at radius 1 is 1.03 bits per heavy atom. The molecule has 0 bridgehead atoms. The molecule has 0 saturated carbocycles. The third-order valence-electron chi connectivity index (χ3n) is 4.87. The van der Waals surface area contributed by atoms with Gasteiger partial charge in [-0.05, 0) is 36.2 Å². The van der Waals surface area contributed by atoms with Gasteiger partial charge in [0.2, 0.25) is 5.91 Å². The van der Waals surface area contributed by atoms with Gasteiger partial charge >= 0.3 is 6.03 Å². The Morgan fingerprint density at radius 3 is 2.69 bits per heavy atom. The summed E-state index contributed by atoms with van der Waals surface area (Å²) in [6.07, 6.45) is 2.06. The molecule has 2 aromatic carbocycles. The minimum Gasteiger partial charge on any atom is -0.326 e. The van der Waals surface area contributed by atoms with E-state index in [4.69, 9.17) is 0 Å². The predicted octanol–water partition coefficient (Wildman–Crippen LogP) is 3.07. The van der Waals surface area contributed by atoms with Crippen molar-refractivity contribution in [3.63, 3.8) is 0 Å². The van der Waals surface area contributed by atoms with Crippen molar-refractivity contribution >= 4 is 34.4 Å². The number of imide groups is 1. The molecule has 1 aliphatic rings. The summed E-state index contributed by atoms with van der Waals surface area (Å²) >= 11 is 0. The number of hydrogen-bond donors (Lipinski definition) is 2. The molecule has 1 aromatic heterocycles. The number of benzene rings is 2. The lowest BCUT2D eigenvalue weighted by Gasteiger charge is -2.13. The minimum absolute atomic E-state index is 0.118. The average molecular weight is 388 g/mol. The van der Waals surface area contributed by atoms with Gasteiger partial charge in [0, 0.05) is 18.0 Å². The van der Waals surface area contributed by atoms with E-state index in [0.29, 0.717) is 5.69 Å². The molecule has 29 heavy (non-hydrogen) atoms. The van der Waals surface area contributed by atoms with Crippen LogP contribution in [0, 0.1) is 0 Å². The molecule has 0 radical (unpaired) electrons. The fraction of sp³-hybridized carbons (Fsp3) is 0.182. The second-order valence-electron chi connectivity index (χ2n) is 6.87. The zero-order valence-corrected chi connectivity index (χ0v) is 15.7. The number of carbonyl (C=O) groups is 3. The molecule has 1 saturated heterocycles. The molecule has 2 N–H and O–H groups in total. The number of pyridine rings is 1. The maximum atomic E-state index is 12.6. The number of fused-ring (bicyclic) bond motifs is 1. The van der Waals surface area contributed by atoms with Crippen LogP contribution in [0.15, 0.2) is 66.9 Å². The predicted molar refractivity (Wildman–Crippen MR) is 109 cm³/mol. The first-order valence-electron chi connectivity index (χ1n) is 9.41. The van der Waals surface area contributed by atoms with E-state index in [0.717, 1.165) is 16.5 Å². The Balaban J connectivity index is 1.36. The van der Waals surface area contributed by atoms with E-state index in [9.17, 15) is 14.4 Å². The second-order valence-corrected chi connectivity index (χ2v) is 6.87. The lowest BCUT2D eigenvalue weighted by Crippen LogP contribution is -2.31. The van der Waals surface area contributed by atoms with Crippen molar-refractivity contribution in [2.24, 2.45) is 0 Å². The normalized spacial score (nSPS) is 16.1. The third-order valence-corrected chi connectivity index (χ3v) is 4.87. The molecule has 7 heteroatoms.